The molecule has 2 atom stereocenters. The number of nitrogens with zero attached hydrogens (tertiary/aromatic N) is 1. The lowest BCUT2D eigenvalue weighted by molar-refractivity contribution is -0.128. The third-order valence-electron chi connectivity index (χ3n) is 7.35. The van der Waals surface area contributed by atoms with Gasteiger partial charge in [-0.05, 0) is 71.8 Å². The molecule has 0 spiro atoms. The van der Waals surface area contributed by atoms with Crippen molar-refractivity contribution >= 4 is 5.91 Å². The van der Waals surface area contributed by atoms with Crippen molar-refractivity contribution in [2.45, 2.75) is 51.9 Å². The highest BCUT2D eigenvalue weighted by atomic mass is 19.1. The van der Waals surface area contributed by atoms with Crippen LogP contribution in [0, 0.1) is 12.7 Å². The number of benzene rings is 4. The van der Waals surface area contributed by atoms with E-state index in [4.69, 9.17) is 4.74 Å². The summed E-state index contributed by atoms with van der Waals surface area (Å²) in [4.78, 5) is 15.5. The van der Waals surface area contributed by atoms with Crippen LogP contribution in [0.4, 0.5) is 4.39 Å². The van der Waals surface area contributed by atoms with Crippen LogP contribution < -0.4 is 10.1 Å². The zero-order chi connectivity index (χ0) is 27.2. The first-order valence-corrected chi connectivity index (χ1v) is 13.7. The molecule has 0 radical (unpaired) electrons. The van der Waals surface area contributed by atoms with Crippen molar-refractivity contribution in [1.82, 2.24) is 10.2 Å². The quantitative estimate of drug-likeness (QED) is 0.264. The Kier molecular flexibility index (Phi) is 8.38. The number of fused-ring (bicyclic) bond motifs is 1. The van der Waals surface area contributed by atoms with E-state index in [9.17, 15) is 9.18 Å². The lowest BCUT2D eigenvalue weighted by Crippen LogP contribution is -2.38. The zero-order valence-corrected chi connectivity index (χ0v) is 22.6. The van der Waals surface area contributed by atoms with E-state index in [0.29, 0.717) is 18.7 Å². The van der Waals surface area contributed by atoms with Gasteiger partial charge < -0.3 is 10.1 Å². The van der Waals surface area contributed by atoms with Crippen molar-refractivity contribution in [3.05, 3.63) is 136 Å². The Morgan fingerprint density at radius 1 is 0.974 bits per heavy atom. The van der Waals surface area contributed by atoms with E-state index in [1.807, 2.05) is 19.1 Å². The van der Waals surface area contributed by atoms with Crippen molar-refractivity contribution in [2.24, 2.45) is 0 Å². The van der Waals surface area contributed by atoms with Gasteiger partial charge in [0, 0.05) is 19.6 Å². The molecule has 0 saturated heterocycles. The largest absolute Gasteiger partial charge is 0.481 e. The maximum absolute atomic E-state index is 13.2. The summed E-state index contributed by atoms with van der Waals surface area (Å²) in [6.45, 7) is 6.22. The molecule has 0 bridgehead atoms. The van der Waals surface area contributed by atoms with Gasteiger partial charge in [0.25, 0.3) is 5.91 Å². The summed E-state index contributed by atoms with van der Waals surface area (Å²) in [7, 11) is 0. The Hall–Kier alpha value is -3.96. The van der Waals surface area contributed by atoms with Gasteiger partial charge in [0.2, 0.25) is 0 Å². The normalized spacial score (nSPS) is 15.8. The van der Waals surface area contributed by atoms with E-state index in [0.717, 1.165) is 25.1 Å². The number of hydrogen-bond acceptors (Lipinski definition) is 3. The van der Waals surface area contributed by atoms with Crippen LogP contribution in [0.25, 0.3) is 0 Å². The summed E-state index contributed by atoms with van der Waals surface area (Å²) >= 11 is 0. The summed E-state index contributed by atoms with van der Waals surface area (Å²) in [5.74, 6) is 0.217. The second kappa shape index (κ2) is 12.3. The van der Waals surface area contributed by atoms with Crippen molar-refractivity contribution in [2.75, 3.05) is 6.54 Å². The lowest BCUT2D eigenvalue weighted by atomic mass is 9.87. The van der Waals surface area contributed by atoms with Crippen LogP contribution in [0.5, 0.6) is 5.75 Å². The summed E-state index contributed by atoms with van der Waals surface area (Å²) in [6, 6.07) is 31.8. The second-order valence-electron chi connectivity index (χ2n) is 10.2. The number of halogens is 1. The van der Waals surface area contributed by atoms with Gasteiger partial charge in [0.15, 0.2) is 6.10 Å². The molecule has 4 aromatic rings. The van der Waals surface area contributed by atoms with E-state index >= 15 is 0 Å². The highest BCUT2D eigenvalue weighted by Crippen LogP contribution is 2.38. The van der Waals surface area contributed by atoms with E-state index < -0.39 is 6.10 Å². The molecular formula is C34H35FN2O2. The molecule has 1 aliphatic heterocycles. The summed E-state index contributed by atoms with van der Waals surface area (Å²) in [6.07, 6.45) is 0.874. The van der Waals surface area contributed by atoms with Gasteiger partial charge in [0.1, 0.15) is 11.6 Å². The van der Waals surface area contributed by atoms with Gasteiger partial charge in [-0.3, -0.25) is 9.69 Å². The molecule has 1 aliphatic rings. The summed E-state index contributed by atoms with van der Waals surface area (Å²) in [5.41, 5.74) is 7.18. The molecule has 1 heterocycles. The summed E-state index contributed by atoms with van der Waals surface area (Å²) in [5, 5.41) is 2.93. The Morgan fingerprint density at radius 3 is 2.51 bits per heavy atom. The Bertz CT molecular complexity index is 1400. The standard InChI is InChI=1S/C34H35FN2O2/c1-3-32(34(38)36-22-25-12-15-29(35)16-13-25)39-30-17-14-27-18-19-37(23-26-9-7-8-24(2)20-26)33(31(27)21-30)28-10-5-4-6-11-28/h4-17,20-21,32-33H,3,18-19,22-23H2,1-2H3,(H,36,38). The number of carbonyl (C=O) groups is 1. The highest BCUT2D eigenvalue weighted by Gasteiger charge is 2.30. The zero-order valence-electron chi connectivity index (χ0n) is 22.6. The first-order chi connectivity index (χ1) is 19.0. The molecule has 0 fully saturated rings. The highest BCUT2D eigenvalue weighted by molar-refractivity contribution is 5.81. The van der Waals surface area contributed by atoms with Crippen molar-refractivity contribution in [3.63, 3.8) is 0 Å². The van der Waals surface area contributed by atoms with Crippen LogP contribution >= 0.6 is 0 Å². The smallest absolute Gasteiger partial charge is 0.261 e. The molecular weight excluding hydrogens is 487 g/mol. The van der Waals surface area contributed by atoms with Crippen LogP contribution in [-0.2, 0) is 24.3 Å². The van der Waals surface area contributed by atoms with Gasteiger partial charge in [0.05, 0.1) is 6.04 Å². The van der Waals surface area contributed by atoms with E-state index in [1.54, 1.807) is 12.1 Å². The Labute approximate surface area is 230 Å². The minimum absolute atomic E-state index is 0.0893. The maximum atomic E-state index is 13.2. The molecule has 5 rings (SSSR count). The summed E-state index contributed by atoms with van der Waals surface area (Å²) < 4.78 is 19.5. The fraction of sp³-hybridized carbons (Fsp3) is 0.265. The van der Waals surface area contributed by atoms with Crippen LogP contribution in [0.3, 0.4) is 0 Å². The van der Waals surface area contributed by atoms with Crippen LogP contribution in [-0.4, -0.2) is 23.5 Å². The molecule has 0 aliphatic carbocycles. The van der Waals surface area contributed by atoms with Crippen LogP contribution in [0.1, 0.15) is 52.8 Å². The average molecular weight is 523 g/mol. The Balaban J connectivity index is 1.37. The minimum atomic E-state index is -0.620. The van der Waals surface area contributed by atoms with Gasteiger partial charge in [-0.1, -0.05) is 85.3 Å². The number of carbonyl (C=O) groups excluding carboxylic acids is 1. The molecule has 39 heavy (non-hydrogen) atoms. The lowest BCUT2D eigenvalue weighted by Gasteiger charge is -2.38. The number of aryl methyl sites for hydroxylation is 1. The van der Waals surface area contributed by atoms with E-state index in [-0.39, 0.29) is 17.8 Å². The molecule has 1 N–H and O–H groups in total. The van der Waals surface area contributed by atoms with Gasteiger partial charge in [-0.15, -0.1) is 0 Å². The monoisotopic (exact) mass is 522 g/mol. The van der Waals surface area contributed by atoms with Crippen LogP contribution in [0.2, 0.25) is 0 Å². The average Bonchev–Trinajstić information content (AvgIpc) is 2.95. The number of rotatable bonds is 9. The molecule has 200 valence electrons. The maximum Gasteiger partial charge on any atom is 0.261 e. The Morgan fingerprint density at radius 2 is 1.77 bits per heavy atom. The van der Waals surface area contributed by atoms with Gasteiger partial charge in [-0.2, -0.15) is 0 Å². The fourth-order valence-corrected chi connectivity index (χ4v) is 5.35. The first kappa shape index (κ1) is 26.6. The van der Waals surface area contributed by atoms with Crippen molar-refractivity contribution in [3.8, 4) is 5.75 Å². The van der Waals surface area contributed by atoms with E-state index in [2.05, 4.69) is 77.8 Å². The van der Waals surface area contributed by atoms with Crippen LogP contribution in [0.15, 0.2) is 97.1 Å². The predicted molar refractivity (Wildman–Crippen MR) is 153 cm³/mol. The van der Waals surface area contributed by atoms with E-state index in [1.165, 1.54) is 39.9 Å². The number of hydrogen-bond donors (Lipinski definition) is 1. The molecule has 5 heteroatoms. The van der Waals surface area contributed by atoms with Gasteiger partial charge >= 0.3 is 0 Å². The fourth-order valence-electron chi connectivity index (χ4n) is 5.35. The molecule has 0 aromatic heterocycles. The molecule has 2 unspecified atom stereocenters. The van der Waals surface area contributed by atoms with Crippen molar-refractivity contribution < 1.29 is 13.9 Å². The van der Waals surface area contributed by atoms with Gasteiger partial charge in [-0.25, -0.2) is 4.39 Å². The topological polar surface area (TPSA) is 41.6 Å². The molecule has 4 nitrogen and oxygen atoms in total. The molecule has 1 amide bonds. The number of amides is 1. The predicted octanol–water partition coefficient (Wildman–Crippen LogP) is 6.76. The number of ether oxygens (including phenoxy) is 1. The van der Waals surface area contributed by atoms with Crippen molar-refractivity contribution in [1.29, 1.82) is 0 Å². The molecule has 4 aromatic carbocycles. The third kappa shape index (κ3) is 6.55. The third-order valence-corrected chi connectivity index (χ3v) is 7.35. The first-order valence-electron chi connectivity index (χ1n) is 13.7. The second-order valence-corrected chi connectivity index (χ2v) is 10.2. The molecule has 0 saturated carbocycles. The number of nitrogens with one attached hydrogen (secondary N) is 1. The SMILES string of the molecule is CCC(Oc1ccc2c(c1)C(c1ccccc1)N(Cc1cccc(C)c1)CC2)C(=O)NCc1ccc(F)cc1. The minimum Gasteiger partial charge on any atom is -0.481 e.